The van der Waals surface area contributed by atoms with Crippen LogP contribution in [0, 0.1) is 12.7 Å². The van der Waals surface area contributed by atoms with Gasteiger partial charge in [0.05, 0.1) is 18.5 Å². The molecule has 1 amide bonds. The van der Waals surface area contributed by atoms with Crippen LogP contribution >= 0.6 is 11.3 Å². The highest BCUT2D eigenvalue weighted by atomic mass is 32.1. The van der Waals surface area contributed by atoms with E-state index in [9.17, 15) is 9.18 Å². The maximum absolute atomic E-state index is 12.9. The van der Waals surface area contributed by atoms with Crippen LogP contribution in [0.4, 0.5) is 15.3 Å². The summed E-state index contributed by atoms with van der Waals surface area (Å²) in [5.41, 5.74) is 1.59. The molecule has 140 valence electrons. The number of benzene rings is 1. The van der Waals surface area contributed by atoms with Crippen molar-refractivity contribution in [3.63, 3.8) is 0 Å². The summed E-state index contributed by atoms with van der Waals surface area (Å²) in [5, 5.41) is 6.39. The topological polar surface area (TPSA) is 76.1 Å². The highest BCUT2D eigenvalue weighted by molar-refractivity contribution is 7.17. The van der Waals surface area contributed by atoms with Crippen LogP contribution in [-0.2, 0) is 6.54 Å². The Morgan fingerprint density at radius 2 is 2.00 bits per heavy atom. The molecule has 0 aliphatic carbocycles. The predicted molar refractivity (Wildman–Crippen MR) is 103 cm³/mol. The molecule has 1 aromatic carbocycles. The van der Waals surface area contributed by atoms with Crippen molar-refractivity contribution in [3.05, 3.63) is 64.5 Å². The zero-order valence-electron chi connectivity index (χ0n) is 15.0. The first kappa shape index (κ1) is 18.8. The summed E-state index contributed by atoms with van der Waals surface area (Å²) in [5.74, 6) is 0.659. The van der Waals surface area contributed by atoms with E-state index in [4.69, 9.17) is 4.74 Å². The highest BCUT2D eigenvalue weighted by Gasteiger charge is 2.15. The Morgan fingerprint density at radius 3 is 2.67 bits per heavy atom. The lowest BCUT2D eigenvalue weighted by Gasteiger charge is -2.06. The number of nitrogens with zero attached hydrogens (tertiary/aromatic N) is 2. The molecule has 0 fully saturated rings. The van der Waals surface area contributed by atoms with Gasteiger partial charge in [-0.25, -0.2) is 14.4 Å². The molecular weight excluding hydrogens is 367 g/mol. The second-order valence-corrected chi connectivity index (χ2v) is 6.68. The Labute approximate surface area is 160 Å². The van der Waals surface area contributed by atoms with E-state index in [-0.39, 0.29) is 5.91 Å². The van der Waals surface area contributed by atoms with Crippen LogP contribution in [0.3, 0.4) is 0 Å². The number of amides is 1. The van der Waals surface area contributed by atoms with Crippen LogP contribution < -0.4 is 15.4 Å². The van der Waals surface area contributed by atoms with Crippen molar-refractivity contribution in [2.75, 3.05) is 11.9 Å². The number of carbonyl (C=O) groups is 1. The molecule has 2 heterocycles. The van der Waals surface area contributed by atoms with Crippen molar-refractivity contribution in [2.45, 2.75) is 20.4 Å². The van der Waals surface area contributed by atoms with Gasteiger partial charge in [-0.2, -0.15) is 0 Å². The van der Waals surface area contributed by atoms with E-state index in [2.05, 4.69) is 20.6 Å². The molecule has 0 bridgehead atoms. The molecule has 8 heteroatoms. The van der Waals surface area contributed by atoms with Crippen LogP contribution in [0.15, 0.2) is 42.6 Å². The third kappa shape index (κ3) is 5.01. The lowest BCUT2D eigenvalue weighted by molar-refractivity contribution is 0.0954. The molecule has 0 saturated carbocycles. The highest BCUT2D eigenvalue weighted by Crippen LogP contribution is 2.25. The summed E-state index contributed by atoms with van der Waals surface area (Å²) in [6.45, 7) is 4.72. The number of rotatable bonds is 7. The van der Waals surface area contributed by atoms with Crippen LogP contribution in [-0.4, -0.2) is 22.5 Å². The van der Waals surface area contributed by atoms with Crippen LogP contribution in [0.25, 0.3) is 0 Å². The summed E-state index contributed by atoms with van der Waals surface area (Å²) in [6, 6.07) is 10.4. The SMILES string of the molecule is CCOc1ccc(CNC(=O)c2sc(Nc3ccc(F)cn3)nc2C)cc1. The number of nitrogens with one attached hydrogen (secondary N) is 2. The number of anilines is 2. The molecule has 0 unspecified atom stereocenters. The molecule has 0 atom stereocenters. The Hall–Kier alpha value is -3.00. The van der Waals surface area contributed by atoms with Gasteiger partial charge in [0.2, 0.25) is 0 Å². The Kier molecular flexibility index (Phi) is 5.97. The quantitative estimate of drug-likeness (QED) is 0.640. The van der Waals surface area contributed by atoms with Crippen LogP contribution in [0.1, 0.15) is 27.9 Å². The van der Waals surface area contributed by atoms with Crippen molar-refractivity contribution in [1.29, 1.82) is 0 Å². The van der Waals surface area contributed by atoms with E-state index in [0.29, 0.717) is 34.7 Å². The van der Waals surface area contributed by atoms with Crippen molar-refractivity contribution >= 4 is 28.2 Å². The number of hydrogen-bond acceptors (Lipinski definition) is 6. The van der Waals surface area contributed by atoms with Crippen LogP contribution in [0.5, 0.6) is 5.75 Å². The van der Waals surface area contributed by atoms with Gasteiger partial charge in [0.1, 0.15) is 22.3 Å². The third-order valence-corrected chi connectivity index (χ3v) is 4.72. The normalized spacial score (nSPS) is 10.5. The largest absolute Gasteiger partial charge is 0.494 e. The molecule has 0 radical (unpaired) electrons. The molecule has 27 heavy (non-hydrogen) atoms. The van der Waals surface area contributed by atoms with E-state index in [1.165, 1.54) is 23.5 Å². The fraction of sp³-hybridized carbons (Fsp3) is 0.211. The van der Waals surface area contributed by atoms with Crippen molar-refractivity contribution in [1.82, 2.24) is 15.3 Å². The molecular formula is C19H19FN4O2S. The van der Waals surface area contributed by atoms with Gasteiger partial charge in [0, 0.05) is 6.54 Å². The third-order valence-electron chi connectivity index (χ3n) is 3.65. The van der Waals surface area contributed by atoms with E-state index < -0.39 is 5.82 Å². The fourth-order valence-corrected chi connectivity index (χ4v) is 3.24. The zero-order valence-corrected chi connectivity index (χ0v) is 15.8. The van der Waals surface area contributed by atoms with E-state index >= 15 is 0 Å². The van der Waals surface area contributed by atoms with Gasteiger partial charge >= 0.3 is 0 Å². The minimum Gasteiger partial charge on any atom is -0.494 e. The summed E-state index contributed by atoms with van der Waals surface area (Å²) in [6.07, 6.45) is 1.12. The number of pyridine rings is 1. The van der Waals surface area contributed by atoms with E-state index in [0.717, 1.165) is 17.5 Å². The number of ether oxygens (including phenoxy) is 1. The first-order chi connectivity index (χ1) is 13.0. The monoisotopic (exact) mass is 386 g/mol. The lowest BCUT2D eigenvalue weighted by Crippen LogP contribution is -2.22. The predicted octanol–water partition coefficient (Wildman–Crippen LogP) is 4.06. The molecule has 0 aliphatic heterocycles. The van der Waals surface area contributed by atoms with Gasteiger partial charge in [-0.1, -0.05) is 23.5 Å². The molecule has 3 rings (SSSR count). The smallest absolute Gasteiger partial charge is 0.263 e. The number of halogens is 1. The van der Waals surface area contributed by atoms with Crippen molar-refractivity contribution in [3.8, 4) is 5.75 Å². The Balaban J connectivity index is 1.61. The number of aromatic nitrogens is 2. The van der Waals surface area contributed by atoms with E-state index in [1.807, 2.05) is 31.2 Å². The summed E-state index contributed by atoms with van der Waals surface area (Å²) in [7, 11) is 0. The van der Waals surface area contributed by atoms with Crippen molar-refractivity contribution < 1.29 is 13.9 Å². The van der Waals surface area contributed by atoms with Crippen molar-refractivity contribution in [2.24, 2.45) is 0 Å². The molecule has 2 N–H and O–H groups in total. The molecule has 3 aromatic rings. The molecule has 0 saturated heterocycles. The summed E-state index contributed by atoms with van der Waals surface area (Å²) >= 11 is 1.22. The molecule has 0 aliphatic rings. The number of aryl methyl sites for hydroxylation is 1. The number of thiazole rings is 1. The lowest BCUT2D eigenvalue weighted by atomic mass is 10.2. The van der Waals surface area contributed by atoms with Gasteiger partial charge in [-0.3, -0.25) is 4.79 Å². The number of carbonyl (C=O) groups excluding carboxylic acids is 1. The fourth-order valence-electron chi connectivity index (χ4n) is 2.35. The minimum absolute atomic E-state index is 0.195. The maximum Gasteiger partial charge on any atom is 0.263 e. The van der Waals surface area contributed by atoms with Gasteiger partial charge in [-0.15, -0.1) is 0 Å². The standard InChI is InChI=1S/C19H19FN4O2S/c1-3-26-15-7-4-13(5-8-15)10-22-18(25)17-12(2)23-19(27-17)24-16-9-6-14(20)11-21-16/h4-9,11H,3,10H2,1-2H3,(H,22,25)(H,21,23,24). The second-order valence-electron chi connectivity index (χ2n) is 5.68. The average molecular weight is 386 g/mol. The van der Waals surface area contributed by atoms with E-state index in [1.54, 1.807) is 6.92 Å². The van der Waals surface area contributed by atoms with Crippen LogP contribution in [0.2, 0.25) is 0 Å². The maximum atomic E-state index is 12.9. The van der Waals surface area contributed by atoms with Gasteiger partial charge in [-0.05, 0) is 43.7 Å². The summed E-state index contributed by atoms with van der Waals surface area (Å²) in [4.78, 5) is 21.2. The zero-order chi connectivity index (χ0) is 19.2. The van der Waals surface area contributed by atoms with Gasteiger partial charge in [0.25, 0.3) is 5.91 Å². The minimum atomic E-state index is -0.412. The first-order valence-electron chi connectivity index (χ1n) is 8.41. The Bertz CT molecular complexity index is 910. The van der Waals surface area contributed by atoms with Gasteiger partial charge in [0.15, 0.2) is 5.13 Å². The number of hydrogen-bond donors (Lipinski definition) is 2. The first-order valence-corrected chi connectivity index (χ1v) is 9.22. The molecule has 2 aromatic heterocycles. The average Bonchev–Trinajstić information content (AvgIpc) is 3.03. The summed E-state index contributed by atoms with van der Waals surface area (Å²) < 4.78 is 18.3. The second kappa shape index (κ2) is 8.59. The Morgan fingerprint density at radius 1 is 1.22 bits per heavy atom. The molecule has 0 spiro atoms. The molecule has 6 nitrogen and oxygen atoms in total. The van der Waals surface area contributed by atoms with Gasteiger partial charge < -0.3 is 15.4 Å².